The fourth-order valence-electron chi connectivity index (χ4n) is 2.09. The number of methoxy groups -OCH3 is 2. The fourth-order valence-corrected chi connectivity index (χ4v) is 2.42. The second-order valence-electron chi connectivity index (χ2n) is 4.32. The van der Waals surface area contributed by atoms with Gasteiger partial charge in [0, 0.05) is 11.1 Å². The lowest BCUT2D eigenvalue weighted by atomic mass is 9.98. The molecule has 0 saturated heterocycles. The SMILES string of the molecule is COc1ccc(C(N)c2cccc(F)c2F)c(OC)c1Cl. The molecule has 0 spiro atoms. The molecular formula is C15H14ClF2NO2. The average Bonchev–Trinajstić information content (AvgIpc) is 2.49. The van der Waals surface area contributed by atoms with Crippen molar-refractivity contribution >= 4 is 11.6 Å². The highest BCUT2D eigenvalue weighted by atomic mass is 35.5. The van der Waals surface area contributed by atoms with E-state index in [9.17, 15) is 8.78 Å². The molecule has 2 aromatic rings. The summed E-state index contributed by atoms with van der Waals surface area (Å²) in [6.45, 7) is 0. The van der Waals surface area contributed by atoms with E-state index in [2.05, 4.69) is 0 Å². The van der Waals surface area contributed by atoms with E-state index in [4.69, 9.17) is 26.8 Å². The third-order valence-corrected chi connectivity index (χ3v) is 3.53. The predicted molar refractivity (Wildman–Crippen MR) is 76.9 cm³/mol. The van der Waals surface area contributed by atoms with E-state index in [-0.39, 0.29) is 16.3 Å². The monoisotopic (exact) mass is 313 g/mol. The second-order valence-corrected chi connectivity index (χ2v) is 4.70. The summed E-state index contributed by atoms with van der Waals surface area (Å²) in [6.07, 6.45) is 0. The molecule has 112 valence electrons. The van der Waals surface area contributed by atoms with Crippen LogP contribution in [-0.2, 0) is 0 Å². The van der Waals surface area contributed by atoms with E-state index in [1.807, 2.05) is 0 Å². The van der Waals surface area contributed by atoms with E-state index in [1.165, 1.54) is 26.4 Å². The van der Waals surface area contributed by atoms with Gasteiger partial charge in [-0.3, -0.25) is 0 Å². The molecule has 0 heterocycles. The van der Waals surface area contributed by atoms with E-state index in [0.717, 1.165) is 6.07 Å². The van der Waals surface area contributed by atoms with Gasteiger partial charge in [-0.2, -0.15) is 0 Å². The maximum Gasteiger partial charge on any atom is 0.163 e. The molecule has 2 aromatic carbocycles. The van der Waals surface area contributed by atoms with Gasteiger partial charge in [0.2, 0.25) is 0 Å². The molecule has 0 aliphatic carbocycles. The van der Waals surface area contributed by atoms with Gasteiger partial charge < -0.3 is 15.2 Å². The van der Waals surface area contributed by atoms with Gasteiger partial charge in [0.1, 0.15) is 16.5 Å². The average molecular weight is 314 g/mol. The van der Waals surface area contributed by atoms with Crippen LogP contribution in [0.3, 0.4) is 0 Å². The lowest BCUT2D eigenvalue weighted by Gasteiger charge is -2.19. The van der Waals surface area contributed by atoms with Crippen LogP contribution < -0.4 is 15.2 Å². The Hall–Kier alpha value is -1.85. The van der Waals surface area contributed by atoms with Crippen molar-refractivity contribution in [3.8, 4) is 11.5 Å². The number of nitrogens with two attached hydrogens (primary N) is 1. The molecule has 21 heavy (non-hydrogen) atoms. The summed E-state index contributed by atoms with van der Waals surface area (Å²) in [5.41, 5.74) is 6.50. The second kappa shape index (κ2) is 6.28. The Kier molecular flexibility index (Phi) is 4.65. The van der Waals surface area contributed by atoms with Crippen molar-refractivity contribution in [1.29, 1.82) is 0 Å². The van der Waals surface area contributed by atoms with Crippen LogP contribution in [0, 0.1) is 11.6 Å². The van der Waals surface area contributed by atoms with E-state index in [0.29, 0.717) is 11.3 Å². The fraction of sp³-hybridized carbons (Fsp3) is 0.200. The first-order valence-corrected chi connectivity index (χ1v) is 6.49. The van der Waals surface area contributed by atoms with E-state index >= 15 is 0 Å². The Morgan fingerprint density at radius 1 is 1.05 bits per heavy atom. The first-order chi connectivity index (χ1) is 10.0. The number of rotatable bonds is 4. The molecule has 0 bridgehead atoms. The molecular weight excluding hydrogens is 300 g/mol. The third kappa shape index (κ3) is 2.80. The summed E-state index contributed by atoms with van der Waals surface area (Å²) < 4.78 is 37.5. The minimum atomic E-state index is -0.987. The maximum absolute atomic E-state index is 13.9. The van der Waals surface area contributed by atoms with Crippen molar-refractivity contribution in [1.82, 2.24) is 0 Å². The molecule has 0 saturated carbocycles. The lowest BCUT2D eigenvalue weighted by Crippen LogP contribution is -2.15. The zero-order chi connectivity index (χ0) is 15.6. The number of hydrogen-bond donors (Lipinski definition) is 1. The van der Waals surface area contributed by atoms with Crippen LogP contribution in [0.4, 0.5) is 8.78 Å². The van der Waals surface area contributed by atoms with Crippen molar-refractivity contribution in [2.24, 2.45) is 5.73 Å². The van der Waals surface area contributed by atoms with Crippen molar-refractivity contribution in [3.05, 3.63) is 58.1 Å². The zero-order valence-corrected chi connectivity index (χ0v) is 12.2. The summed E-state index contributed by atoms with van der Waals surface area (Å²) in [6, 6.07) is 6.13. The minimum Gasteiger partial charge on any atom is -0.495 e. The summed E-state index contributed by atoms with van der Waals surface area (Å²) >= 11 is 6.14. The summed E-state index contributed by atoms with van der Waals surface area (Å²) in [5.74, 6) is -1.27. The summed E-state index contributed by atoms with van der Waals surface area (Å²) in [4.78, 5) is 0. The molecule has 0 aliphatic rings. The molecule has 1 atom stereocenters. The Bertz CT molecular complexity index is 664. The minimum absolute atomic E-state index is 0.0227. The number of ether oxygens (including phenoxy) is 2. The Balaban J connectivity index is 2.56. The van der Waals surface area contributed by atoms with Gasteiger partial charge in [-0.05, 0) is 18.2 Å². The Morgan fingerprint density at radius 2 is 1.76 bits per heavy atom. The largest absolute Gasteiger partial charge is 0.495 e. The van der Waals surface area contributed by atoms with Crippen LogP contribution in [0.5, 0.6) is 11.5 Å². The van der Waals surface area contributed by atoms with Gasteiger partial charge in [-0.25, -0.2) is 8.78 Å². The van der Waals surface area contributed by atoms with Crippen molar-refractivity contribution in [3.63, 3.8) is 0 Å². The van der Waals surface area contributed by atoms with E-state index < -0.39 is 17.7 Å². The molecule has 3 nitrogen and oxygen atoms in total. The molecule has 6 heteroatoms. The Labute approximate surface area is 126 Å². The van der Waals surface area contributed by atoms with Crippen LogP contribution in [0.2, 0.25) is 5.02 Å². The van der Waals surface area contributed by atoms with Gasteiger partial charge in [-0.1, -0.05) is 23.7 Å². The standard InChI is InChI=1S/C15H14ClF2NO2/c1-20-11-7-6-9(15(21-2)12(11)16)14(19)8-4-3-5-10(17)13(8)18/h3-7,14H,19H2,1-2H3. The van der Waals surface area contributed by atoms with Crippen LogP contribution in [-0.4, -0.2) is 14.2 Å². The van der Waals surface area contributed by atoms with Gasteiger partial charge in [0.05, 0.1) is 20.3 Å². The van der Waals surface area contributed by atoms with Crippen LogP contribution in [0.15, 0.2) is 30.3 Å². The predicted octanol–water partition coefficient (Wildman–Crippen LogP) is 3.68. The molecule has 0 radical (unpaired) electrons. The molecule has 1 unspecified atom stereocenters. The van der Waals surface area contributed by atoms with Crippen molar-refractivity contribution < 1.29 is 18.3 Å². The number of benzene rings is 2. The molecule has 2 rings (SSSR count). The summed E-state index contributed by atoms with van der Waals surface area (Å²) in [5, 5.41) is 0.227. The van der Waals surface area contributed by atoms with Crippen molar-refractivity contribution in [2.75, 3.05) is 14.2 Å². The topological polar surface area (TPSA) is 44.5 Å². The highest BCUT2D eigenvalue weighted by Crippen LogP contribution is 2.40. The molecule has 2 N–H and O–H groups in total. The first-order valence-electron chi connectivity index (χ1n) is 6.11. The maximum atomic E-state index is 13.9. The van der Waals surface area contributed by atoms with Crippen LogP contribution in [0.1, 0.15) is 17.2 Å². The van der Waals surface area contributed by atoms with Gasteiger partial charge in [0.25, 0.3) is 0 Å². The van der Waals surface area contributed by atoms with E-state index in [1.54, 1.807) is 12.1 Å². The number of halogens is 3. The Morgan fingerprint density at radius 3 is 2.38 bits per heavy atom. The van der Waals surface area contributed by atoms with Gasteiger partial charge >= 0.3 is 0 Å². The molecule has 0 fully saturated rings. The smallest absolute Gasteiger partial charge is 0.163 e. The molecule has 0 aliphatic heterocycles. The van der Waals surface area contributed by atoms with Gasteiger partial charge in [-0.15, -0.1) is 0 Å². The van der Waals surface area contributed by atoms with Crippen LogP contribution in [0.25, 0.3) is 0 Å². The number of hydrogen-bond acceptors (Lipinski definition) is 3. The van der Waals surface area contributed by atoms with Gasteiger partial charge in [0.15, 0.2) is 11.6 Å². The highest BCUT2D eigenvalue weighted by Gasteiger charge is 2.22. The van der Waals surface area contributed by atoms with Crippen molar-refractivity contribution in [2.45, 2.75) is 6.04 Å². The zero-order valence-electron chi connectivity index (χ0n) is 11.5. The summed E-state index contributed by atoms with van der Waals surface area (Å²) in [7, 11) is 2.88. The van der Waals surface area contributed by atoms with Crippen LogP contribution >= 0.6 is 11.6 Å². The lowest BCUT2D eigenvalue weighted by molar-refractivity contribution is 0.389. The highest BCUT2D eigenvalue weighted by molar-refractivity contribution is 6.33. The first kappa shape index (κ1) is 15.5. The quantitative estimate of drug-likeness (QED) is 0.936. The molecule has 0 amide bonds. The normalized spacial score (nSPS) is 12.1. The molecule has 0 aromatic heterocycles. The third-order valence-electron chi connectivity index (χ3n) is 3.17.